The van der Waals surface area contributed by atoms with E-state index in [-0.39, 0.29) is 0 Å². The molecule has 7 heteroatoms. The van der Waals surface area contributed by atoms with Crippen molar-refractivity contribution in [1.82, 2.24) is 24.6 Å². The van der Waals surface area contributed by atoms with Gasteiger partial charge in [-0.25, -0.2) is 0 Å². The van der Waals surface area contributed by atoms with Crippen molar-refractivity contribution in [2.24, 2.45) is 7.05 Å². The summed E-state index contributed by atoms with van der Waals surface area (Å²) < 4.78 is 1.72. The Morgan fingerprint density at radius 3 is 2.74 bits per heavy atom. The first kappa shape index (κ1) is 12.2. The summed E-state index contributed by atoms with van der Waals surface area (Å²) in [6.45, 7) is 2.20. The molecule has 0 amide bonds. The Kier molecular flexibility index (Phi) is 2.98. The van der Waals surface area contributed by atoms with Crippen LogP contribution in [0.2, 0.25) is 0 Å². The number of fused-ring (bicyclic) bond motifs is 1. The van der Waals surface area contributed by atoms with Crippen LogP contribution in [-0.4, -0.2) is 50.8 Å². The molecule has 0 aromatic carbocycles. The summed E-state index contributed by atoms with van der Waals surface area (Å²) in [5.74, 6) is 1.08. The van der Waals surface area contributed by atoms with Crippen LogP contribution in [0.25, 0.3) is 11.0 Å². The van der Waals surface area contributed by atoms with Crippen molar-refractivity contribution in [3.63, 3.8) is 0 Å². The maximum absolute atomic E-state index is 5.94. The Hall–Kier alpha value is -1.89. The Bertz CT molecular complexity index is 583. The monoisotopic (exact) mass is 261 g/mol. The molecule has 1 aliphatic heterocycles. The van der Waals surface area contributed by atoms with E-state index in [2.05, 4.69) is 32.3 Å². The minimum absolute atomic E-state index is 0.418. The van der Waals surface area contributed by atoms with E-state index in [0.717, 1.165) is 37.0 Å². The number of hydrogen-bond donors (Lipinski definition) is 2. The Morgan fingerprint density at radius 1 is 1.26 bits per heavy atom. The van der Waals surface area contributed by atoms with Gasteiger partial charge in [-0.15, -0.1) is 0 Å². The summed E-state index contributed by atoms with van der Waals surface area (Å²) in [5, 5.41) is 8.34. The van der Waals surface area contributed by atoms with Gasteiger partial charge in [0.05, 0.1) is 11.6 Å². The lowest BCUT2D eigenvalue weighted by molar-refractivity contribution is 0.263. The average Bonchev–Trinajstić information content (AvgIpc) is 2.75. The zero-order chi connectivity index (χ0) is 13.4. The van der Waals surface area contributed by atoms with Crippen molar-refractivity contribution in [2.75, 3.05) is 31.2 Å². The third kappa shape index (κ3) is 2.33. The first-order valence-electron chi connectivity index (χ1n) is 6.54. The molecular weight excluding hydrogens is 242 g/mol. The molecule has 3 N–H and O–H groups in total. The number of nitrogens with two attached hydrogens (primary N) is 1. The van der Waals surface area contributed by atoms with Crippen molar-refractivity contribution < 1.29 is 0 Å². The Labute approximate surface area is 111 Å². The largest absolute Gasteiger partial charge is 0.383 e. The second kappa shape index (κ2) is 4.65. The molecule has 0 atom stereocenters. The number of hydrogen-bond acceptors (Lipinski definition) is 6. The number of anilines is 2. The predicted molar refractivity (Wildman–Crippen MR) is 74.9 cm³/mol. The second-order valence-corrected chi connectivity index (χ2v) is 5.16. The average molecular weight is 261 g/mol. The van der Waals surface area contributed by atoms with Crippen molar-refractivity contribution in [1.29, 1.82) is 0 Å². The zero-order valence-corrected chi connectivity index (χ0v) is 11.3. The van der Waals surface area contributed by atoms with Crippen LogP contribution in [0.3, 0.4) is 0 Å². The molecule has 1 aliphatic rings. The van der Waals surface area contributed by atoms with Gasteiger partial charge in [-0.3, -0.25) is 4.68 Å². The van der Waals surface area contributed by atoms with Gasteiger partial charge in [-0.1, -0.05) is 0 Å². The normalized spacial score (nSPS) is 18.0. The predicted octanol–water partition coefficient (Wildman–Crippen LogP) is 0.452. The zero-order valence-electron chi connectivity index (χ0n) is 11.3. The van der Waals surface area contributed by atoms with Gasteiger partial charge in [0, 0.05) is 13.1 Å². The lowest BCUT2D eigenvalue weighted by atomic mass is 10.1. The van der Waals surface area contributed by atoms with Crippen LogP contribution in [0.5, 0.6) is 0 Å². The third-order valence-electron chi connectivity index (χ3n) is 3.67. The fourth-order valence-corrected chi connectivity index (χ4v) is 2.44. The maximum Gasteiger partial charge on any atom is 0.226 e. The summed E-state index contributed by atoms with van der Waals surface area (Å²) in [6, 6.07) is 0.418. The minimum atomic E-state index is 0.418. The molecule has 0 saturated carbocycles. The molecule has 102 valence electrons. The van der Waals surface area contributed by atoms with Gasteiger partial charge in [-0.2, -0.15) is 15.1 Å². The number of nitrogens with zero attached hydrogens (tertiary/aromatic N) is 5. The first-order valence-corrected chi connectivity index (χ1v) is 6.54. The summed E-state index contributed by atoms with van der Waals surface area (Å²) in [5.41, 5.74) is 6.71. The standard InChI is InChI=1S/C12H19N7/c1-18-5-3-8(4-6-18)15-12-16-10(13)9-7-14-19(2)11(9)17-12/h7-8H,3-6H2,1-2H3,(H3,13,15,16,17). The van der Waals surface area contributed by atoms with E-state index in [0.29, 0.717) is 17.8 Å². The van der Waals surface area contributed by atoms with E-state index < -0.39 is 0 Å². The molecular formula is C12H19N7. The second-order valence-electron chi connectivity index (χ2n) is 5.16. The van der Waals surface area contributed by atoms with E-state index in [1.54, 1.807) is 10.9 Å². The van der Waals surface area contributed by atoms with Crippen LogP contribution in [0.4, 0.5) is 11.8 Å². The molecule has 19 heavy (non-hydrogen) atoms. The number of rotatable bonds is 2. The van der Waals surface area contributed by atoms with Gasteiger partial charge in [-0.05, 0) is 33.0 Å². The van der Waals surface area contributed by atoms with Gasteiger partial charge in [0.15, 0.2) is 5.65 Å². The first-order chi connectivity index (χ1) is 9.13. The molecule has 2 aromatic rings. The van der Waals surface area contributed by atoms with Crippen LogP contribution in [0.1, 0.15) is 12.8 Å². The lowest BCUT2D eigenvalue weighted by Crippen LogP contribution is -2.37. The molecule has 2 aromatic heterocycles. The molecule has 0 spiro atoms. The molecule has 7 nitrogen and oxygen atoms in total. The van der Waals surface area contributed by atoms with Gasteiger partial charge >= 0.3 is 0 Å². The Morgan fingerprint density at radius 2 is 2.00 bits per heavy atom. The summed E-state index contributed by atoms with van der Waals surface area (Å²) >= 11 is 0. The van der Waals surface area contributed by atoms with Gasteiger partial charge < -0.3 is 16.0 Å². The summed E-state index contributed by atoms with van der Waals surface area (Å²) in [7, 11) is 4.00. The fourth-order valence-electron chi connectivity index (χ4n) is 2.44. The van der Waals surface area contributed by atoms with Crippen LogP contribution < -0.4 is 11.1 Å². The van der Waals surface area contributed by atoms with Crippen LogP contribution in [0.15, 0.2) is 6.20 Å². The van der Waals surface area contributed by atoms with Crippen molar-refractivity contribution in [2.45, 2.75) is 18.9 Å². The highest BCUT2D eigenvalue weighted by Crippen LogP contribution is 2.20. The number of piperidine rings is 1. The maximum atomic E-state index is 5.94. The lowest BCUT2D eigenvalue weighted by Gasteiger charge is -2.29. The highest BCUT2D eigenvalue weighted by Gasteiger charge is 2.18. The quantitative estimate of drug-likeness (QED) is 0.816. The molecule has 1 saturated heterocycles. The number of aryl methyl sites for hydroxylation is 1. The van der Waals surface area contributed by atoms with Crippen LogP contribution >= 0.6 is 0 Å². The van der Waals surface area contributed by atoms with E-state index in [9.17, 15) is 0 Å². The topological polar surface area (TPSA) is 84.9 Å². The SMILES string of the molecule is CN1CCC(Nc2nc(N)c3cnn(C)c3n2)CC1. The molecule has 0 unspecified atom stereocenters. The van der Waals surface area contributed by atoms with Crippen LogP contribution in [-0.2, 0) is 7.05 Å². The molecule has 3 rings (SSSR count). The molecule has 0 radical (unpaired) electrons. The van der Waals surface area contributed by atoms with E-state index in [1.807, 2.05) is 7.05 Å². The molecule has 1 fully saturated rings. The van der Waals surface area contributed by atoms with Gasteiger partial charge in [0.1, 0.15) is 5.82 Å². The van der Waals surface area contributed by atoms with Crippen molar-refractivity contribution >= 4 is 22.8 Å². The number of nitrogen functional groups attached to an aromatic ring is 1. The van der Waals surface area contributed by atoms with E-state index in [1.165, 1.54) is 0 Å². The van der Waals surface area contributed by atoms with Gasteiger partial charge in [0.2, 0.25) is 5.95 Å². The summed E-state index contributed by atoms with van der Waals surface area (Å²) in [6.07, 6.45) is 3.90. The van der Waals surface area contributed by atoms with E-state index >= 15 is 0 Å². The number of aromatic nitrogens is 4. The van der Waals surface area contributed by atoms with Crippen molar-refractivity contribution in [3.8, 4) is 0 Å². The summed E-state index contributed by atoms with van der Waals surface area (Å²) in [4.78, 5) is 11.1. The molecule has 3 heterocycles. The number of nitrogens with one attached hydrogen (secondary N) is 1. The minimum Gasteiger partial charge on any atom is -0.383 e. The van der Waals surface area contributed by atoms with Crippen molar-refractivity contribution in [3.05, 3.63) is 6.20 Å². The van der Waals surface area contributed by atoms with Crippen LogP contribution in [0, 0.1) is 0 Å². The van der Waals surface area contributed by atoms with E-state index in [4.69, 9.17) is 5.73 Å². The Balaban J connectivity index is 1.83. The highest BCUT2D eigenvalue weighted by molar-refractivity contribution is 5.86. The molecule has 0 aliphatic carbocycles. The smallest absolute Gasteiger partial charge is 0.226 e. The third-order valence-corrected chi connectivity index (χ3v) is 3.67. The highest BCUT2D eigenvalue weighted by atomic mass is 15.3. The fraction of sp³-hybridized carbons (Fsp3) is 0.583. The number of likely N-dealkylation sites (tertiary alicyclic amines) is 1. The molecule has 0 bridgehead atoms. The van der Waals surface area contributed by atoms with Gasteiger partial charge in [0.25, 0.3) is 0 Å².